The highest BCUT2D eigenvalue weighted by Gasteiger charge is 2.18. The number of primary amides is 1. The Balaban J connectivity index is 1.57. The van der Waals surface area contributed by atoms with Crippen molar-refractivity contribution in [3.63, 3.8) is 0 Å². The number of methoxy groups -OCH3 is 1. The highest BCUT2D eigenvalue weighted by molar-refractivity contribution is 6.04. The first-order valence-electron chi connectivity index (χ1n) is 11.4. The van der Waals surface area contributed by atoms with Gasteiger partial charge in [0.2, 0.25) is 5.88 Å². The molecule has 35 heavy (non-hydrogen) atoms. The predicted octanol–water partition coefficient (Wildman–Crippen LogP) is 4.87. The van der Waals surface area contributed by atoms with Crippen LogP contribution in [0.2, 0.25) is 0 Å². The number of allylic oxidation sites excluding steroid dienone is 1. The number of benzene rings is 2. The summed E-state index contributed by atoms with van der Waals surface area (Å²) in [6.45, 7) is 0. The SMILES string of the molecule is COc1ccc(-c2cccc3c(-c4ccc(C(N)=O)c(NC5CC=C(O)CC5)c4)nccc23)nn1. The van der Waals surface area contributed by atoms with Crippen molar-refractivity contribution in [2.45, 2.75) is 25.3 Å². The van der Waals surface area contributed by atoms with Gasteiger partial charge in [0.05, 0.1) is 29.8 Å². The van der Waals surface area contributed by atoms with E-state index in [9.17, 15) is 9.90 Å². The van der Waals surface area contributed by atoms with Crippen molar-refractivity contribution in [1.29, 1.82) is 0 Å². The third kappa shape index (κ3) is 4.50. The van der Waals surface area contributed by atoms with E-state index < -0.39 is 5.91 Å². The van der Waals surface area contributed by atoms with Crippen LogP contribution < -0.4 is 15.8 Å². The Morgan fingerprint density at radius 3 is 2.71 bits per heavy atom. The van der Waals surface area contributed by atoms with Gasteiger partial charge in [-0.05, 0) is 48.6 Å². The minimum Gasteiger partial charge on any atom is -0.513 e. The van der Waals surface area contributed by atoms with Gasteiger partial charge < -0.3 is 20.9 Å². The number of anilines is 1. The first-order chi connectivity index (χ1) is 17.0. The van der Waals surface area contributed by atoms with Crippen LogP contribution in [-0.2, 0) is 0 Å². The van der Waals surface area contributed by atoms with Gasteiger partial charge in [-0.1, -0.05) is 24.3 Å². The molecule has 5 rings (SSSR count). The lowest BCUT2D eigenvalue weighted by Gasteiger charge is -2.23. The summed E-state index contributed by atoms with van der Waals surface area (Å²) in [5.74, 6) is 0.360. The van der Waals surface area contributed by atoms with Crippen LogP contribution in [-0.4, -0.2) is 39.3 Å². The number of nitrogens with two attached hydrogens (primary N) is 1. The van der Waals surface area contributed by atoms with Crippen molar-refractivity contribution in [3.05, 3.63) is 78.2 Å². The number of rotatable bonds is 6. The Bertz CT molecular complexity index is 1430. The van der Waals surface area contributed by atoms with Crippen LogP contribution in [0.4, 0.5) is 5.69 Å². The zero-order valence-electron chi connectivity index (χ0n) is 19.2. The second-order valence-electron chi connectivity index (χ2n) is 8.46. The predicted molar refractivity (Wildman–Crippen MR) is 135 cm³/mol. The van der Waals surface area contributed by atoms with E-state index in [-0.39, 0.29) is 6.04 Å². The quantitative estimate of drug-likeness (QED) is 0.369. The topological polar surface area (TPSA) is 123 Å². The number of pyridine rings is 1. The fourth-order valence-corrected chi connectivity index (χ4v) is 4.43. The number of hydrogen-bond donors (Lipinski definition) is 3. The number of fused-ring (bicyclic) bond motifs is 1. The maximum Gasteiger partial charge on any atom is 0.250 e. The van der Waals surface area contributed by atoms with Gasteiger partial charge in [-0.25, -0.2) is 0 Å². The zero-order chi connectivity index (χ0) is 24.4. The molecule has 2 aromatic carbocycles. The molecule has 8 heteroatoms. The highest BCUT2D eigenvalue weighted by Crippen LogP contribution is 2.35. The number of carbonyl (C=O) groups is 1. The minimum atomic E-state index is -0.500. The molecule has 0 radical (unpaired) electrons. The summed E-state index contributed by atoms with van der Waals surface area (Å²) in [5, 5.41) is 23.5. The molecule has 176 valence electrons. The molecular formula is C27H25N5O3. The van der Waals surface area contributed by atoms with E-state index in [0.717, 1.165) is 39.7 Å². The summed E-state index contributed by atoms with van der Waals surface area (Å²) in [5.41, 5.74) is 10.0. The maximum atomic E-state index is 12.1. The second kappa shape index (κ2) is 9.42. The zero-order valence-corrected chi connectivity index (χ0v) is 19.2. The lowest BCUT2D eigenvalue weighted by atomic mass is 9.96. The van der Waals surface area contributed by atoms with Crippen LogP contribution in [0.15, 0.2) is 72.6 Å². The average molecular weight is 468 g/mol. The van der Waals surface area contributed by atoms with Gasteiger partial charge in [-0.2, -0.15) is 0 Å². The first kappa shape index (κ1) is 22.3. The van der Waals surface area contributed by atoms with Gasteiger partial charge in [-0.15, -0.1) is 10.2 Å². The van der Waals surface area contributed by atoms with Gasteiger partial charge in [0.25, 0.3) is 5.91 Å². The van der Waals surface area contributed by atoms with Crippen LogP contribution in [0.1, 0.15) is 29.6 Å². The van der Waals surface area contributed by atoms with E-state index in [1.807, 2.05) is 48.5 Å². The molecule has 1 atom stereocenters. The fourth-order valence-electron chi connectivity index (χ4n) is 4.43. The molecule has 2 heterocycles. The number of carbonyl (C=O) groups excluding carboxylic acids is 1. The Kier molecular flexibility index (Phi) is 6.01. The van der Waals surface area contributed by atoms with Gasteiger partial charge in [0, 0.05) is 46.9 Å². The smallest absolute Gasteiger partial charge is 0.250 e. The fraction of sp³-hybridized carbons (Fsp3) is 0.185. The molecule has 4 N–H and O–H groups in total. The largest absolute Gasteiger partial charge is 0.513 e. The van der Waals surface area contributed by atoms with Crippen molar-refractivity contribution in [2.75, 3.05) is 12.4 Å². The van der Waals surface area contributed by atoms with Crippen molar-refractivity contribution < 1.29 is 14.6 Å². The van der Waals surface area contributed by atoms with Crippen molar-refractivity contribution in [2.24, 2.45) is 5.73 Å². The number of aromatic nitrogens is 3. The molecule has 0 bridgehead atoms. The number of nitrogens with zero attached hydrogens (tertiary/aromatic N) is 3. The van der Waals surface area contributed by atoms with Gasteiger partial charge in [0.1, 0.15) is 0 Å². The Morgan fingerprint density at radius 2 is 2.00 bits per heavy atom. The number of nitrogens with one attached hydrogen (secondary N) is 1. The summed E-state index contributed by atoms with van der Waals surface area (Å²) in [4.78, 5) is 16.8. The first-order valence-corrected chi connectivity index (χ1v) is 11.4. The number of ether oxygens (including phenoxy) is 1. The van der Waals surface area contributed by atoms with Crippen molar-refractivity contribution in [1.82, 2.24) is 15.2 Å². The van der Waals surface area contributed by atoms with E-state index in [4.69, 9.17) is 10.5 Å². The van der Waals surface area contributed by atoms with Crippen LogP contribution >= 0.6 is 0 Å². The number of amides is 1. The van der Waals surface area contributed by atoms with E-state index in [1.165, 1.54) is 0 Å². The highest BCUT2D eigenvalue weighted by atomic mass is 16.5. The number of hydrogen-bond acceptors (Lipinski definition) is 7. The normalized spacial score (nSPS) is 15.5. The Hall–Kier alpha value is -4.46. The molecular weight excluding hydrogens is 442 g/mol. The standard InChI is InChI=1S/C27H25N5O3/c1-35-25-12-11-23(31-32-25)20-3-2-4-21-19(20)13-14-29-26(21)16-5-10-22(27(28)34)24(15-16)30-17-6-8-18(33)9-7-17/h2-5,8,10-15,17,30,33H,6-7,9H2,1H3,(H2,28,34). The molecule has 4 aromatic rings. The molecule has 8 nitrogen and oxygen atoms in total. The molecule has 1 aliphatic rings. The third-order valence-electron chi connectivity index (χ3n) is 6.24. The molecule has 0 saturated heterocycles. The van der Waals surface area contributed by atoms with Crippen LogP contribution in [0, 0.1) is 0 Å². The molecule has 0 fully saturated rings. The monoisotopic (exact) mass is 467 g/mol. The van der Waals surface area contributed by atoms with E-state index in [2.05, 4.69) is 20.5 Å². The lowest BCUT2D eigenvalue weighted by molar-refractivity contribution is 0.100. The molecule has 2 aromatic heterocycles. The van der Waals surface area contributed by atoms with Gasteiger partial charge in [-0.3, -0.25) is 9.78 Å². The molecule has 1 aliphatic carbocycles. The summed E-state index contributed by atoms with van der Waals surface area (Å²) >= 11 is 0. The summed E-state index contributed by atoms with van der Waals surface area (Å²) in [6.07, 6.45) is 5.62. The summed E-state index contributed by atoms with van der Waals surface area (Å²) < 4.78 is 5.13. The minimum absolute atomic E-state index is 0.0972. The van der Waals surface area contributed by atoms with Crippen LogP contribution in [0.3, 0.4) is 0 Å². The van der Waals surface area contributed by atoms with Crippen LogP contribution in [0.5, 0.6) is 5.88 Å². The van der Waals surface area contributed by atoms with E-state index in [0.29, 0.717) is 35.7 Å². The van der Waals surface area contributed by atoms with Gasteiger partial charge in [0.15, 0.2) is 0 Å². The summed E-state index contributed by atoms with van der Waals surface area (Å²) in [7, 11) is 1.56. The summed E-state index contributed by atoms with van der Waals surface area (Å²) in [6, 6.07) is 17.2. The molecule has 1 amide bonds. The van der Waals surface area contributed by atoms with Gasteiger partial charge >= 0.3 is 0 Å². The van der Waals surface area contributed by atoms with Crippen molar-refractivity contribution in [3.8, 4) is 28.4 Å². The maximum absolute atomic E-state index is 12.1. The number of aliphatic hydroxyl groups excluding tert-OH is 1. The second-order valence-corrected chi connectivity index (χ2v) is 8.46. The molecule has 0 aliphatic heterocycles. The molecule has 0 saturated carbocycles. The molecule has 0 spiro atoms. The molecule has 1 unspecified atom stereocenters. The Labute approximate surface area is 202 Å². The lowest BCUT2D eigenvalue weighted by Crippen LogP contribution is -2.24. The number of aliphatic hydroxyl groups is 1. The van der Waals surface area contributed by atoms with E-state index >= 15 is 0 Å². The Morgan fingerprint density at radius 1 is 1.11 bits per heavy atom. The van der Waals surface area contributed by atoms with E-state index in [1.54, 1.807) is 25.4 Å². The van der Waals surface area contributed by atoms with Crippen LogP contribution in [0.25, 0.3) is 33.3 Å². The average Bonchev–Trinajstić information content (AvgIpc) is 2.89. The van der Waals surface area contributed by atoms with Crippen molar-refractivity contribution >= 4 is 22.4 Å². The third-order valence-corrected chi connectivity index (χ3v) is 6.24.